The van der Waals surface area contributed by atoms with Crippen LogP contribution in [0.25, 0.3) is 0 Å². The van der Waals surface area contributed by atoms with E-state index < -0.39 is 0 Å². The molecule has 0 aromatic rings. The molecule has 1 aliphatic carbocycles. The largest absolute Gasteiger partial charge is 0.310 e. The number of hydrogen-bond donors (Lipinski definition) is 1. The van der Waals surface area contributed by atoms with Gasteiger partial charge in [-0.1, -0.05) is 6.42 Å². The van der Waals surface area contributed by atoms with Crippen LogP contribution in [0.15, 0.2) is 0 Å². The zero-order chi connectivity index (χ0) is 8.39. The van der Waals surface area contributed by atoms with E-state index in [-0.39, 0.29) is 0 Å². The molecular weight excluding hydrogens is 148 g/mol. The van der Waals surface area contributed by atoms with Crippen LogP contribution >= 0.6 is 0 Å². The summed E-state index contributed by atoms with van der Waals surface area (Å²) in [4.78, 5) is 2.44. The van der Waals surface area contributed by atoms with Gasteiger partial charge in [-0.05, 0) is 39.3 Å². The van der Waals surface area contributed by atoms with Gasteiger partial charge in [0, 0.05) is 18.6 Å². The summed E-state index contributed by atoms with van der Waals surface area (Å²) in [6.07, 6.45) is 7.04. The Bertz CT molecular complexity index is 143. The van der Waals surface area contributed by atoms with Crippen LogP contribution in [-0.4, -0.2) is 37.1 Å². The van der Waals surface area contributed by atoms with Crippen LogP contribution in [0.2, 0.25) is 0 Å². The van der Waals surface area contributed by atoms with Crippen LogP contribution in [0.3, 0.4) is 0 Å². The fraction of sp³-hybridized carbons (Fsp3) is 1.00. The van der Waals surface area contributed by atoms with Crippen LogP contribution in [0.4, 0.5) is 0 Å². The molecular formula is C10H20N2. The number of piperidine rings is 1. The van der Waals surface area contributed by atoms with Gasteiger partial charge >= 0.3 is 0 Å². The minimum absolute atomic E-state index is 0.786. The van der Waals surface area contributed by atoms with Crippen molar-refractivity contribution in [3.63, 3.8) is 0 Å². The van der Waals surface area contributed by atoms with E-state index in [1.54, 1.807) is 0 Å². The van der Waals surface area contributed by atoms with Crippen LogP contribution in [0.1, 0.15) is 32.1 Å². The Labute approximate surface area is 75.3 Å². The summed E-state index contributed by atoms with van der Waals surface area (Å²) >= 11 is 0. The molecule has 0 bridgehead atoms. The van der Waals surface area contributed by atoms with Gasteiger partial charge < -0.3 is 10.2 Å². The molecule has 2 rings (SSSR count). The zero-order valence-corrected chi connectivity index (χ0v) is 8.05. The number of likely N-dealkylation sites (N-methyl/N-ethyl adjacent to an activating group) is 1. The molecule has 1 heterocycles. The summed E-state index contributed by atoms with van der Waals surface area (Å²) in [7, 11) is 2.23. The third-order valence-electron chi connectivity index (χ3n) is 3.20. The van der Waals surface area contributed by atoms with Gasteiger partial charge in [-0.2, -0.15) is 0 Å². The van der Waals surface area contributed by atoms with Crippen molar-refractivity contribution >= 4 is 0 Å². The summed E-state index contributed by atoms with van der Waals surface area (Å²) in [5, 5.41) is 3.74. The Morgan fingerprint density at radius 2 is 1.83 bits per heavy atom. The smallest absolute Gasteiger partial charge is 0.0197 e. The van der Waals surface area contributed by atoms with E-state index in [1.165, 1.54) is 45.2 Å². The lowest BCUT2D eigenvalue weighted by Gasteiger charge is -2.36. The van der Waals surface area contributed by atoms with Crippen LogP contribution in [0.5, 0.6) is 0 Å². The predicted octanol–water partition coefficient (Wildman–Crippen LogP) is 1.22. The third-order valence-corrected chi connectivity index (χ3v) is 3.20. The molecule has 1 saturated carbocycles. The highest BCUT2D eigenvalue weighted by atomic mass is 15.1. The highest BCUT2D eigenvalue weighted by molar-refractivity contribution is 4.84. The fourth-order valence-corrected chi connectivity index (χ4v) is 2.21. The number of nitrogens with one attached hydrogen (secondary N) is 1. The van der Waals surface area contributed by atoms with Gasteiger partial charge in [0.2, 0.25) is 0 Å². The molecule has 0 aromatic heterocycles. The van der Waals surface area contributed by atoms with Gasteiger partial charge in [-0.3, -0.25) is 0 Å². The molecule has 1 N–H and O–H groups in total. The first-order valence-corrected chi connectivity index (χ1v) is 5.29. The molecule has 2 aliphatic rings. The average Bonchev–Trinajstić information content (AvgIpc) is 1.97. The van der Waals surface area contributed by atoms with Crippen molar-refractivity contribution < 1.29 is 0 Å². The molecule has 1 aliphatic heterocycles. The van der Waals surface area contributed by atoms with Crippen LogP contribution < -0.4 is 5.32 Å². The molecule has 0 radical (unpaired) electrons. The van der Waals surface area contributed by atoms with Crippen molar-refractivity contribution in [2.75, 3.05) is 20.1 Å². The topological polar surface area (TPSA) is 15.3 Å². The zero-order valence-electron chi connectivity index (χ0n) is 8.05. The standard InChI is InChI=1S/C10H20N2/c1-12-7-3-6-10(8-12)11-9-4-2-5-9/h9-11H,2-8H2,1H3. The lowest BCUT2D eigenvalue weighted by Crippen LogP contribution is -2.49. The van der Waals surface area contributed by atoms with E-state index in [2.05, 4.69) is 17.3 Å². The van der Waals surface area contributed by atoms with E-state index in [0.29, 0.717) is 0 Å². The summed E-state index contributed by atoms with van der Waals surface area (Å²) in [6, 6.07) is 1.65. The highest BCUT2D eigenvalue weighted by Crippen LogP contribution is 2.20. The maximum Gasteiger partial charge on any atom is 0.0197 e. The summed E-state index contributed by atoms with van der Waals surface area (Å²) in [5.41, 5.74) is 0. The lowest BCUT2D eigenvalue weighted by molar-refractivity contribution is 0.195. The molecule has 12 heavy (non-hydrogen) atoms. The average molecular weight is 168 g/mol. The molecule has 2 heteroatoms. The van der Waals surface area contributed by atoms with E-state index in [0.717, 1.165) is 12.1 Å². The van der Waals surface area contributed by atoms with Crippen LogP contribution in [-0.2, 0) is 0 Å². The first kappa shape index (κ1) is 8.52. The maximum atomic E-state index is 3.74. The van der Waals surface area contributed by atoms with Gasteiger partial charge in [0.15, 0.2) is 0 Å². The molecule has 70 valence electrons. The molecule has 1 unspecified atom stereocenters. The normalized spacial score (nSPS) is 33.2. The summed E-state index contributed by atoms with van der Waals surface area (Å²) in [6.45, 7) is 2.55. The van der Waals surface area contributed by atoms with E-state index >= 15 is 0 Å². The van der Waals surface area contributed by atoms with Gasteiger partial charge in [0.05, 0.1) is 0 Å². The fourth-order valence-electron chi connectivity index (χ4n) is 2.21. The van der Waals surface area contributed by atoms with Gasteiger partial charge in [-0.25, -0.2) is 0 Å². The summed E-state index contributed by atoms with van der Waals surface area (Å²) in [5.74, 6) is 0. The number of hydrogen-bond acceptors (Lipinski definition) is 2. The van der Waals surface area contributed by atoms with Gasteiger partial charge in [-0.15, -0.1) is 0 Å². The Balaban J connectivity index is 1.71. The predicted molar refractivity (Wildman–Crippen MR) is 51.3 cm³/mol. The lowest BCUT2D eigenvalue weighted by atomic mass is 9.91. The Morgan fingerprint density at radius 1 is 1.08 bits per heavy atom. The molecule has 0 spiro atoms. The summed E-state index contributed by atoms with van der Waals surface area (Å²) < 4.78 is 0. The Morgan fingerprint density at radius 3 is 2.42 bits per heavy atom. The second kappa shape index (κ2) is 3.75. The molecule has 2 nitrogen and oxygen atoms in total. The number of likely N-dealkylation sites (tertiary alicyclic amines) is 1. The quantitative estimate of drug-likeness (QED) is 0.667. The van der Waals surface area contributed by atoms with Gasteiger partial charge in [0.1, 0.15) is 0 Å². The first-order chi connectivity index (χ1) is 5.84. The van der Waals surface area contributed by atoms with Crippen molar-refractivity contribution in [1.29, 1.82) is 0 Å². The van der Waals surface area contributed by atoms with E-state index in [4.69, 9.17) is 0 Å². The van der Waals surface area contributed by atoms with Gasteiger partial charge in [0.25, 0.3) is 0 Å². The minimum Gasteiger partial charge on any atom is -0.310 e. The molecule has 2 fully saturated rings. The highest BCUT2D eigenvalue weighted by Gasteiger charge is 2.23. The second-order valence-corrected chi connectivity index (χ2v) is 4.40. The van der Waals surface area contributed by atoms with E-state index in [1.807, 2.05) is 0 Å². The Hall–Kier alpha value is -0.0800. The maximum absolute atomic E-state index is 3.74. The Kier molecular flexibility index (Phi) is 2.66. The van der Waals surface area contributed by atoms with E-state index in [9.17, 15) is 0 Å². The van der Waals surface area contributed by atoms with Crippen molar-refractivity contribution in [2.45, 2.75) is 44.2 Å². The molecule has 1 atom stereocenters. The SMILES string of the molecule is CN1CCCC(NC2CCC2)C1. The van der Waals surface area contributed by atoms with Crippen LogP contribution in [0, 0.1) is 0 Å². The minimum atomic E-state index is 0.786. The monoisotopic (exact) mass is 168 g/mol. The van der Waals surface area contributed by atoms with Crippen molar-refractivity contribution in [1.82, 2.24) is 10.2 Å². The molecule has 0 amide bonds. The van der Waals surface area contributed by atoms with Crippen molar-refractivity contribution in [3.8, 4) is 0 Å². The number of nitrogens with zero attached hydrogens (tertiary/aromatic N) is 1. The first-order valence-electron chi connectivity index (χ1n) is 5.29. The number of rotatable bonds is 2. The molecule has 0 aromatic carbocycles. The van der Waals surface area contributed by atoms with Crippen molar-refractivity contribution in [3.05, 3.63) is 0 Å². The second-order valence-electron chi connectivity index (χ2n) is 4.40. The van der Waals surface area contributed by atoms with Crippen molar-refractivity contribution in [2.24, 2.45) is 0 Å². The molecule has 1 saturated heterocycles. The third kappa shape index (κ3) is 1.99.